The molecule has 0 unspecified atom stereocenters. The summed E-state index contributed by atoms with van der Waals surface area (Å²) in [5, 5.41) is -0.0273. The van der Waals surface area contributed by atoms with Crippen molar-refractivity contribution in [3.63, 3.8) is 0 Å². The van der Waals surface area contributed by atoms with Gasteiger partial charge in [-0.15, -0.1) is 0 Å². The molecule has 0 amide bonds. The van der Waals surface area contributed by atoms with Crippen LogP contribution >= 0.6 is 35.8 Å². The molecule has 1 aromatic rings. The zero-order valence-electron chi connectivity index (χ0n) is 8.56. The van der Waals surface area contributed by atoms with Crippen molar-refractivity contribution >= 4 is 41.9 Å². The summed E-state index contributed by atoms with van der Waals surface area (Å²) in [5.41, 5.74) is -0.457. The van der Waals surface area contributed by atoms with E-state index in [0.717, 1.165) is 12.1 Å². The first-order valence-electron chi connectivity index (χ1n) is 4.70. The van der Waals surface area contributed by atoms with Crippen LogP contribution in [0.25, 0.3) is 6.08 Å². The molecule has 0 saturated heterocycles. The summed E-state index contributed by atoms with van der Waals surface area (Å²) in [6.07, 6.45) is -0.397. The van der Waals surface area contributed by atoms with Gasteiger partial charge in [0.15, 0.2) is 0 Å². The molecule has 0 N–H and O–H groups in total. The SMILES string of the molecule is FC(F)(F)c1cc(Cl)c(C=CCCS)c(Cl)c1. The highest BCUT2D eigenvalue weighted by molar-refractivity contribution is 7.80. The average molecular weight is 301 g/mol. The first-order valence-corrected chi connectivity index (χ1v) is 6.08. The van der Waals surface area contributed by atoms with Gasteiger partial charge in [0, 0.05) is 15.6 Å². The molecule has 0 atom stereocenters. The third-order valence-electron chi connectivity index (χ3n) is 1.99. The zero-order chi connectivity index (χ0) is 13.1. The minimum atomic E-state index is -4.44. The summed E-state index contributed by atoms with van der Waals surface area (Å²) in [6.45, 7) is 0. The summed E-state index contributed by atoms with van der Waals surface area (Å²) < 4.78 is 37.3. The van der Waals surface area contributed by atoms with Gasteiger partial charge < -0.3 is 0 Å². The van der Waals surface area contributed by atoms with Crippen molar-refractivity contribution in [2.75, 3.05) is 5.75 Å². The standard InChI is InChI=1S/C11H9Cl2F3S/c12-9-5-7(11(14,15)16)6-10(13)8(9)3-1-2-4-17/h1,3,5-6,17H,2,4H2. The Kier molecular flexibility index (Phi) is 5.22. The van der Waals surface area contributed by atoms with Gasteiger partial charge in [-0.25, -0.2) is 0 Å². The molecule has 17 heavy (non-hydrogen) atoms. The van der Waals surface area contributed by atoms with Crippen LogP contribution in [0.1, 0.15) is 17.5 Å². The maximum Gasteiger partial charge on any atom is 0.416 e. The van der Waals surface area contributed by atoms with Crippen LogP contribution in [0.4, 0.5) is 13.2 Å². The molecule has 0 aliphatic heterocycles. The number of alkyl halides is 3. The van der Waals surface area contributed by atoms with Crippen molar-refractivity contribution in [2.24, 2.45) is 0 Å². The third kappa shape index (κ3) is 4.12. The van der Waals surface area contributed by atoms with Crippen molar-refractivity contribution in [2.45, 2.75) is 12.6 Å². The molecule has 1 rings (SSSR count). The number of allylic oxidation sites excluding steroid dienone is 1. The van der Waals surface area contributed by atoms with Gasteiger partial charge in [-0.05, 0) is 24.3 Å². The summed E-state index contributed by atoms with van der Waals surface area (Å²) >= 11 is 15.5. The minimum Gasteiger partial charge on any atom is -0.179 e. The van der Waals surface area contributed by atoms with E-state index in [1.807, 2.05) is 0 Å². The lowest BCUT2D eigenvalue weighted by Crippen LogP contribution is -2.05. The van der Waals surface area contributed by atoms with Gasteiger partial charge in [0.25, 0.3) is 0 Å². The van der Waals surface area contributed by atoms with Gasteiger partial charge in [0.2, 0.25) is 0 Å². The van der Waals surface area contributed by atoms with Crippen LogP contribution < -0.4 is 0 Å². The molecule has 0 aliphatic carbocycles. The smallest absolute Gasteiger partial charge is 0.179 e. The minimum absolute atomic E-state index is 0.0137. The van der Waals surface area contributed by atoms with Crippen molar-refractivity contribution in [1.82, 2.24) is 0 Å². The second-order valence-corrected chi connectivity index (χ2v) is 4.53. The molecule has 0 radical (unpaired) electrons. The summed E-state index contributed by atoms with van der Waals surface area (Å²) in [6, 6.07) is 1.74. The number of benzene rings is 1. The van der Waals surface area contributed by atoms with Crippen LogP contribution in [0.5, 0.6) is 0 Å². The zero-order valence-corrected chi connectivity index (χ0v) is 11.0. The average Bonchev–Trinajstić information content (AvgIpc) is 2.20. The van der Waals surface area contributed by atoms with E-state index in [9.17, 15) is 13.2 Å². The van der Waals surface area contributed by atoms with Gasteiger partial charge in [0.1, 0.15) is 0 Å². The molecule has 0 bridgehead atoms. The first kappa shape index (κ1) is 14.7. The van der Waals surface area contributed by atoms with E-state index in [-0.39, 0.29) is 10.0 Å². The Balaban J connectivity index is 3.11. The van der Waals surface area contributed by atoms with E-state index in [1.165, 1.54) is 0 Å². The number of hydrogen-bond donors (Lipinski definition) is 1. The molecular formula is C11H9Cl2F3S. The molecule has 0 heterocycles. The van der Waals surface area contributed by atoms with Crippen LogP contribution in [0, 0.1) is 0 Å². The molecule has 0 aromatic heterocycles. The first-order chi connectivity index (χ1) is 7.86. The summed E-state index contributed by atoms with van der Waals surface area (Å²) in [4.78, 5) is 0. The lowest BCUT2D eigenvalue weighted by atomic mass is 10.1. The highest BCUT2D eigenvalue weighted by Gasteiger charge is 2.31. The van der Waals surface area contributed by atoms with E-state index in [4.69, 9.17) is 23.2 Å². The van der Waals surface area contributed by atoms with Gasteiger partial charge in [-0.3, -0.25) is 0 Å². The molecule has 0 saturated carbocycles. The van der Waals surface area contributed by atoms with Crippen LogP contribution in [0.2, 0.25) is 10.0 Å². The topological polar surface area (TPSA) is 0 Å². The Hall–Kier alpha value is -0.320. The van der Waals surface area contributed by atoms with Crippen molar-refractivity contribution in [3.8, 4) is 0 Å². The lowest BCUT2D eigenvalue weighted by molar-refractivity contribution is -0.137. The van der Waals surface area contributed by atoms with Crippen LogP contribution in [-0.2, 0) is 6.18 Å². The fourth-order valence-electron chi connectivity index (χ4n) is 1.18. The van der Waals surface area contributed by atoms with Gasteiger partial charge in [-0.1, -0.05) is 35.4 Å². The highest BCUT2D eigenvalue weighted by atomic mass is 35.5. The number of thiol groups is 1. The second-order valence-electron chi connectivity index (χ2n) is 3.27. The van der Waals surface area contributed by atoms with Crippen LogP contribution in [0.3, 0.4) is 0 Å². The summed E-state index contributed by atoms with van der Waals surface area (Å²) in [7, 11) is 0. The van der Waals surface area contributed by atoms with Crippen molar-refractivity contribution in [1.29, 1.82) is 0 Å². The van der Waals surface area contributed by atoms with Gasteiger partial charge in [-0.2, -0.15) is 25.8 Å². The van der Waals surface area contributed by atoms with Crippen molar-refractivity contribution in [3.05, 3.63) is 39.4 Å². The highest BCUT2D eigenvalue weighted by Crippen LogP contribution is 2.36. The Labute approximate surface area is 113 Å². The number of hydrogen-bond acceptors (Lipinski definition) is 1. The Bertz CT molecular complexity index is 404. The molecule has 1 aromatic carbocycles. The van der Waals surface area contributed by atoms with E-state index >= 15 is 0 Å². The molecular weight excluding hydrogens is 292 g/mol. The third-order valence-corrected chi connectivity index (χ3v) is 2.87. The Morgan fingerprint density at radius 2 is 1.71 bits per heavy atom. The van der Waals surface area contributed by atoms with Gasteiger partial charge in [0.05, 0.1) is 5.56 Å². The fourth-order valence-corrected chi connectivity index (χ4v) is 1.95. The van der Waals surface area contributed by atoms with E-state index in [0.29, 0.717) is 17.7 Å². The molecule has 0 spiro atoms. The largest absolute Gasteiger partial charge is 0.416 e. The fraction of sp³-hybridized carbons (Fsp3) is 0.273. The molecule has 0 fully saturated rings. The molecule has 6 heteroatoms. The van der Waals surface area contributed by atoms with Crippen LogP contribution in [-0.4, -0.2) is 5.75 Å². The van der Waals surface area contributed by atoms with Crippen LogP contribution in [0.15, 0.2) is 18.2 Å². The molecule has 0 nitrogen and oxygen atoms in total. The van der Waals surface area contributed by atoms with Gasteiger partial charge >= 0.3 is 6.18 Å². The summed E-state index contributed by atoms with van der Waals surface area (Å²) in [5.74, 6) is 0.645. The van der Waals surface area contributed by atoms with Crippen molar-refractivity contribution < 1.29 is 13.2 Å². The van der Waals surface area contributed by atoms with E-state index < -0.39 is 11.7 Å². The maximum absolute atomic E-state index is 12.4. The number of rotatable bonds is 3. The molecule has 94 valence electrons. The predicted octanol–water partition coefficient (Wildman–Crippen LogP) is 5.35. The Morgan fingerprint density at radius 1 is 1.18 bits per heavy atom. The Morgan fingerprint density at radius 3 is 2.12 bits per heavy atom. The quantitative estimate of drug-likeness (QED) is 0.715. The second kappa shape index (κ2) is 6.03. The van der Waals surface area contributed by atoms with E-state index in [2.05, 4.69) is 12.6 Å². The predicted molar refractivity (Wildman–Crippen MR) is 69.0 cm³/mol. The molecule has 0 aliphatic rings. The maximum atomic E-state index is 12.4. The monoisotopic (exact) mass is 300 g/mol. The number of halogens is 5. The normalized spacial score (nSPS) is 12.4. The lowest BCUT2D eigenvalue weighted by Gasteiger charge is -2.10. The van der Waals surface area contributed by atoms with E-state index in [1.54, 1.807) is 12.2 Å².